The molecule has 0 spiro atoms. The van der Waals surface area contributed by atoms with Crippen molar-refractivity contribution in [1.82, 2.24) is 10.6 Å². The molecular weight excluding hydrogens is 202 g/mol. The molecule has 4 heteroatoms. The van der Waals surface area contributed by atoms with Gasteiger partial charge in [-0.2, -0.15) is 5.26 Å². The Hall–Kier alpha value is -1.86. The van der Waals surface area contributed by atoms with Crippen LogP contribution in [0, 0.1) is 18.3 Å². The highest BCUT2D eigenvalue weighted by molar-refractivity contribution is 5.94. The van der Waals surface area contributed by atoms with E-state index >= 15 is 0 Å². The first kappa shape index (κ1) is 12.2. The van der Waals surface area contributed by atoms with Gasteiger partial charge < -0.3 is 10.6 Å². The molecule has 0 saturated carbocycles. The molecule has 1 aromatic rings. The Morgan fingerprint density at radius 2 is 2.00 bits per heavy atom. The maximum absolute atomic E-state index is 11.6. The van der Waals surface area contributed by atoms with E-state index in [1.807, 2.05) is 25.1 Å². The van der Waals surface area contributed by atoms with Crippen molar-refractivity contribution in [1.29, 1.82) is 5.26 Å². The number of amides is 1. The molecule has 0 aromatic heterocycles. The van der Waals surface area contributed by atoms with Crippen LogP contribution < -0.4 is 10.6 Å². The van der Waals surface area contributed by atoms with Crippen molar-refractivity contribution >= 4 is 5.91 Å². The fourth-order valence-corrected chi connectivity index (χ4v) is 1.22. The second kappa shape index (κ2) is 6.59. The SMILES string of the molecule is Cc1ccc(C(=O)NCCNCC#N)cc1. The molecule has 0 bridgehead atoms. The van der Waals surface area contributed by atoms with E-state index in [2.05, 4.69) is 10.6 Å². The van der Waals surface area contributed by atoms with E-state index in [9.17, 15) is 4.79 Å². The molecule has 16 heavy (non-hydrogen) atoms. The number of carbonyl (C=O) groups excluding carboxylic acids is 1. The first-order valence-corrected chi connectivity index (χ1v) is 5.16. The van der Waals surface area contributed by atoms with Crippen LogP contribution in [0.4, 0.5) is 0 Å². The van der Waals surface area contributed by atoms with Gasteiger partial charge in [0.15, 0.2) is 0 Å². The molecule has 0 fully saturated rings. The molecule has 0 aliphatic carbocycles. The molecule has 4 nitrogen and oxygen atoms in total. The quantitative estimate of drug-likeness (QED) is 0.567. The van der Waals surface area contributed by atoms with Gasteiger partial charge in [-0.25, -0.2) is 0 Å². The van der Waals surface area contributed by atoms with Gasteiger partial charge >= 0.3 is 0 Å². The first-order valence-electron chi connectivity index (χ1n) is 5.16. The van der Waals surface area contributed by atoms with Crippen LogP contribution in [-0.4, -0.2) is 25.5 Å². The van der Waals surface area contributed by atoms with Gasteiger partial charge in [0.05, 0.1) is 12.6 Å². The zero-order chi connectivity index (χ0) is 11.8. The predicted molar refractivity (Wildman–Crippen MR) is 62.0 cm³/mol. The Morgan fingerprint density at radius 1 is 1.31 bits per heavy atom. The number of benzene rings is 1. The van der Waals surface area contributed by atoms with Gasteiger partial charge in [-0.15, -0.1) is 0 Å². The minimum atomic E-state index is -0.0845. The fraction of sp³-hybridized carbons (Fsp3) is 0.333. The summed E-state index contributed by atoms with van der Waals surface area (Å²) in [4.78, 5) is 11.6. The summed E-state index contributed by atoms with van der Waals surface area (Å²) in [6.07, 6.45) is 0. The monoisotopic (exact) mass is 217 g/mol. The molecule has 0 saturated heterocycles. The summed E-state index contributed by atoms with van der Waals surface area (Å²) in [6.45, 7) is 3.41. The van der Waals surface area contributed by atoms with Gasteiger partial charge in [0, 0.05) is 18.7 Å². The average molecular weight is 217 g/mol. The van der Waals surface area contributed by atoms with Gasteiger partial charge in [0.25, 0.3) is 5.91 Å². The third kappa shape index (κ3) is 4.11. The summed E-state index contributed by atoms with van der Waals surface area (Å²) in [7, 11) is 0. The number of carbonyl (C=O) groups is 1. The molecule has 1 rings (SSSR count). The molecule has 0 radical (unpaired) electrons. The summed E-state index contributed by atoms with van der Waals surface area (Å²) in [5, 5.41) is 13.9. The predicted octanol–water partition coefficient (Wildman–Crippen LogP) is 0.838. The highest BCUT2D eigenvalue weighted by Gasteiger charge is 2.02. The van der Waals surface area contributed by atoms with E-state index in [0.29, 0.717) is 25.2 Å². The highest BCUT2D eigenvalue weighted by Crippen LogP contribution is 2.02. The van der Waals surface area contributed by atoms with Gasteiger partial charge in [-0.05, 0) is 19.1 Å². The van der Waals surface area contributed by atoms with Crippen LogP contribution in [0.15, 0.2) is 24.3 Å². The number of rotatable bonds is 5. The lowest BCUT2D eigenvalue weighted by molar-refractivity contribution is 0.0954. The van der Waals surface area contributed by atoms with Crippen LogP contribution in [0.5, 0.6) is 0 Å². The molecule has 0 unspecified atom stereocenters. The van der Waals surface area contributed by atoms with E-state index in [0.717, 1.165) is 5.56 Å². The standard InChI is InChI=1S/C12H15N3O/c1-10-2-4-11(5-3-10)12(16)15-9-8-14-7-6-13/h2-5,14H,7-9H2,1H3,(H,15,16). The highest BCUT2D eigenvalue weighted by atomic mass is 16.1. The third-order valence-corrected chi connectivity index (χ3v) is 2.11. The van der Waals surface area contributed by atoms with Crippen molar-refractivity contribution in [3.05, 3.63) is 35.4 Å². The number of nitrogens with one attached hydrogen (secondary N) is 2. The largest absolute Gasteiger partial charge is 0.351 e. The summed E-state index contributed by atoms with van der Waals surface area (Å²) in [5.41, 5.74) is 1.79. The van der Waals surface area contributed by atoms with E-state index < -0.39 is 0 Å². The van der Waals surface area contributed by atoms with Gasteiger partial charge in [0.2, 0.25) is 0 Å². The number of hydrogen-bond acceptors (Lipinski definition) is 3. The van der Waals surface area contributed by atoms with Crippen molar-refractivity contribution < 1.29 is 4.79 Å². The second-order valence-corrected chi connectivity index (χ2v) is 3.46. The number of aryl methyl sites for hydroxylation is 1. The maximum atomic E-state index is 11.6. The van der Waals surface area contributed by atoms with E-state index in [1.54, 1.807) is 12.1 Å². The number of nitriles is 1. The van der Waals surface area contributed by atoms with E-state index in [-0.39, 0.29) is 5.91 Å². The summed E-state index contributed by atoms with van der Waals surface area (Å²) in [6, 6.07) is 9.38. The summed E-state index contributed by atoms with van der Waals surface area (Å²) in [5.74, 6) is -0.0845. The van der Waals surface area contributed by atoms with Crippen LogP contribution >= 0.6 is 0 Å². The average Bonchev–Trinajstić information content (AvgIpc) is 2.29. The van der Waals surface area contributed by atoms with Gasteiger partial charge in [-0.1, -0.05) is 17.7 Å². The molecule has 2 N–H and O–H groups in total. The molecular formula is C12H15N3O. The Bertz CT molecular complexity index is 378. The Morgan fingerprint density at radius 3 is 2.62 bits per heavy atom. The normalized spacial score (nSPS) is 9.50. The Labute approximate surface area is 95.3 Å². The second-order valence-electron chi connectivity index (χ2n) is 3.46. The lowest BCUT2D eigenvalue weighted by atomic mass is 10.1. The van der Waals surface area contributed by atoms with Gasteiger partial charge in [0.1, 0.15) is 0 Å². The van der Waals surface area contributed by atoms with Crippen molar-refractivity contribution in [2.24, 2.45) is 0 Å². The molecule has 1 aromatic carbocycles. The van der Waals surface area contributed by atoms with E-state index in [4.69, 9.17) is 5.26 Å². The molecule has 0 aliphatic rings. The molecule has 0 aliphatic heterocycles. The number of nitrogens with zero attached hydrogens (tertiary/aromatic N) is 1. The Kier molecular flexibility index (Phi) is 5.03. The molecule has 0 heterocycles. The lowest BCUT2D eigenvalue weighted by Crippen LogP contribution is -2.31. The van der Waals surface area contributed by atoms with Crippen molar-refractivity contribution in [2.45, 2.75) is 6.92 Å². The fourth-order valence-electron chi connectivity index (χ4n) is 1.22. The van der Waals surface area contributed by atoms with Crippen LogP contribution in [0.25, 0.3) is 0 Å². The zero-order valence-corrected chi connectivity index (χ0v) is 9.29. The van der Waals surface area contributed by atoms with Gasteiger partial charge in [-0.3, -0.25) is 4.79 Å². The Balaban J connectivity index is 2.30. The van der Waals surface area contributed by atoms with Crippen LogP contribution in [0.1, 0.15) is 15.9 Å². The van der Waals surface area contributed by atoms with Crippen LogP contribution in [0.2, 0.25) is 0 Å². The van der Waals surface area contributed by atoms with Crippen molar-refractivity contribution in [3.8, 4) is 6.07 Å². The van der Waals surface area contributed by atoms with Crippen molar-refractivity contribution in [2.75, 3.05) is 19.6 Å². The lowest BCUT2D eigenvalue weighted by Gasteiger charge is -2.05. The number of hydrogen-bond donors (Lipinski definition) is 2. The van der Waals surface area contributed by atoms with Crippen LogP contribution in [0.3, 0.4) is 0 Å². The maximum Gasteiger partial charge on any atom is 0.251 e. The van der Waals surface area contributed by atoms with Crippen LogP contribution in [-0.2, 0) is 0 Å². The first-order chi connectivity index (χ1) is 7.74. The smallest absolute Gasteiger partial charge is 0.251 e. The summed E-state index contributed by atoms with van der Waals surface area (Å²) < 4.78 is 0. The third-order valence-electron chi connectivity index (χ3n) is 2.11. The topological polar surface area (TPSA) is 64.9 Å². The minimum absolute atomic E-state index is 0.0845. The van der Waals surface area contributed by atoms with E-state index in [1.165, 1.54) is 0 Å². The zero-order valence-electron chi connectivity index (χ0n) is 9.29. The molecule has 0 atom stereocenters. The molecule has 84 valence electrons. The molecule has 1 amide bonds. The summed E-state index contributed by atoms with van der Waals surface area (Å²) >= 11 is 0. The minimum Gasteiger partial charge on any atom is -0.351 e. The van der Waals surface area contributed by atoms with Crippen molar-refractivity contribution in [3.63, 3.8) is 0 Å².